The second-order valence-electron chi connectivity index (χ2n) is 4.56. The second kappa shape index (κ2) is 5.11. The van der Waals surface area contributed by atoms with Gasteiger partial charge in [-0.2, -0.15) is 0 Å². The number of carboxylic acids is 1. The minimum Gasteiger partial charge on any atom is -0.480 e. The average molecular weight is 280 g/mol. The first-order valence-corrected chi connectivity index (χ1v) is 5.80. The summed E-state index contributed by atoms with van der Waals surface area (Å²) in [5.41, 5.74) is 0.190. The fraction of sp³-hybridized carbons (Fsp3) is 0.364. The van der Waals surface area contributed by atoms with Gasteiger partial charge in [-0.1, -0.05) is 13.8 Å². The Kier molecular flexibility index (Phi) is 3.51. The van der Waals surface area contributed by atoms with Crippen molar-refractivity contribution in [1.29, 1.82) is 0 Å². The van der Waals surface area contributed by atoms with Crippen molar-refractivity contribution in [3.05, 3.63) is 22.2 Å². The molecular weight excluding hydrogens is 268 g/mol. The highest BCUT2D eigenvalue weighted by Gasteiger charge is 2.25. The number of carboxylic acid groups (broad SMARTS) is 1. The maximum atomic E-state index is 11.2. The van der Waals surface area contributed by atoms with Gasteiger partial charge in [-0.3, -0.25) is 10.1 Å². The van der Waals surface area contributed by atoms with Crippen LogP contribution in [0.25, 0.3) is 11.0 Å². The number of nitro groups is 1. The third kappa shape index (κ3) is 2.37. The quantitative estimate of drug-likeness (QED) is 0.624. The molecule has 2 N–H and O–H groups in total. The van der Waals surface area contributed by atoms with E-state index in [-0.39, 0.29) is 22.6 Å². The van der Waals surface area contributed by atoms with Crippen LogP contribution in [-0.2, 0) is 4.79 Å². The van der Waals surface area contributed by atoms with Crippen molar-refractivity contribution in [3.8, 4) is 0 Å². The lowest BCUT2D eigenvalue weighted by atomic mass is 10.0. The fourth-order valence-electron chi connectivity index (χ4n) is 1.80. The van der Waals surface area contributed by atoms with Gasteiger partial charge in [0, 0.05) is 6.07 Å². The van der Waals surface area contributed by atoms with Gasteiger partial charge in [0.1, 0.15) is 6.04 Å². The first-order valence-electron chi connectivity index (χ1n) is 5.80. The molecule has 9 heteroatoms. The van der Waals surface area contributed by atoms with E-state index in [9.17, 15) is 14.9 Å². The van der Waals surface area contributed by atoms with E-state index < -0.39 is 16.9 Å². The number of rotatable bonds is 5. The summed E-state index contributed by atoms with van der Waals surface area (Å²) in [6.07, 6.45) is 0. The molecule has 0 saturated heterocycles. The third-order valence-corrected chi connectivity index (χ3v) is 2.83. The minimum atomic E-state index is -1.03. The number of carbonyl (C=O) groups is 1. The Labute approximate surface area is 112 Å². The summed E-state index contributed by atoms with van der Waals surface area (Å²) in [6.45, 7) is 3.49. The number of nitrogens with one attached hydrogen (secondary N) is 1. The number of nitrogens with zero attached hydrogens (tertiary/aromatic N) is 3. The lowest BCUT2D eigenvalue weighted by Crippen LogP contribution is -2.34. The molecule has 20 heavy (non-hydrogen) atoms. The summed E-state index contributed by atoms with van der Waals surface area (Å²) in [4.78, 5) is 21.4. The Balaban J connectivity index is 2.46. The number of hydrogen-bond donors (Lipinski definition) is 2. The second-order valence-corrected chi connectivity index (χ2v) is 4.56. The Hall–Kier alpha value is -2.71. The largest absolute Gasteiger partial charge is 0.480 e. The smallest absolute Gasteiger partial charge is 0.326 e. The summed E-state index contributed by atoms with van der Waals surface area (Å²) >= 11 is 0. The molecule has 0 radical (unpaired) electrons. The monoisotopic (exact) mass is 280 g/mol. The number of benzene rings is 1. The topological polar surface area (TPSA) is 131 Å². The molecule has 0 fully saturated rings. The number of non-ortho nitro benzene ring substituents is 1. The Morgan fingerprint density at radius 3 is 2.60 bits per heavy atom. The van der Waals surface area contributed by atoms with Gasteiger partial charge in [-0.25, -0.2) is 9.42 Å². The standard InChI is InChI=1S/C11H12N4O5/c1-5(2)8(11(16)17)12-6-3-4-7(15(18)19)10-9(6)13-20-14-10/h3-5,8,12H,1-2H3,(H,16,17)/t8-/m0/s1. The molecule has 0 aliphatic heterocycles. The molecule has 0 spiro atoms. The van der Waals surface area contributed by atoms with Crippen molar-refractivity contribution < 1.29 is 19.5 Å². The SMILES string of the molecule is CC(C)[C@H](Nc1ccc([N+](=O)[O-])c2nonc12)C(=O)O. The maximum absolute atomic E-state index is 11.2. The van der Waals surface area contributed by atoms with Crippen LogP contribution in [-0.4, -0.2) is 32.4 Å². The molecule has 0 aliphatic rings. The van der Waals surface area contributed by atoms with Gasteiger partial charge < -0.3 is 10.4 Å². The molecule has 106 valence electrons. The molecule has 0 saturated carbocycles. The number of aromatic nitrogens is 2. The summed E-state index contributed by atoms with van der Waals surface area (Å²) in [5.74, 6) is -1.21. The normalized spacial score (nSPS) is 12.6. The van der Waals surface area contributed by atoms with E-state index in [4.69, 9.17) is 5.11 Å². The molecule has 1 heterocycles. The van der Waals surface area contributed by atoms with E-state index in [1.165, 1.54) is 12.1 Å². The molecule has 2 aromatic rings. The van der Waals surface area contributed by atoms with Crippen molar-refractivity contribution in [2.45, 2.75) is 19.9 Å². The highest BCUT2D eigenvalue weighted by Crippen LogP contribution is 2.29. The summed E-state index contributed by atoms with van der Waals surface area (Å²) < 4.78 is 4.51. The first kappa shape index (κ1) is 13.7. The Bertz CT molecular complexity index is 666. The van der Waals surface area contributed by atoms with Crippen LogP contribution in [0, 0.1) is 16.0 Å². The van der Waals surface area contributed by atoms with Crippen LogP contribution in [0.5, 0.6) is 0 Å². The minimum absolute atomic E-state index is 0.0205. The van der Waals surface area contributed by atoms with Gasteiger partial charge in [-0.05, 0) is 22.3 Å². The van der Waals surface area contributed by atoms with Crippen molar-refractivity contribution in [3.63, 3.8) is 0 Å². The van der Waals surface area contributed by atoms with Gasteiger partial charge in [0.15, 0.2) is 5.52 Å². The number of fused-ring (bicyclic) bond motifs is 1. The molecular formula is C11H12N4O5. The third-order valence-electron chi connectivity index (χ3n) is 2.83. The molecule has 1 atom stereocenters. The number of aliphatic carboxylic acids is 1. The molecule has 0 amide bonds. The van der Waals surface area contributed by atoms with E-state index in [0.29, 0.717) is 5.69 Å². The maximum Gasteiger partial charge on any atom is 0.326 e. The fourth-order valence-corrected chi connectivity index (χ4v) is 1.80. The Morgan fingerprint density at radius 2 is 2.05 bits per heavy atom. The van der Waals surface area contributed by atoms with Crippen molar-refractivity contribution in [2.24, 2.45) is 5.92 Å². The zero-order valence-electron chi connectivity index (χ0n) is 10.7. The van der Waals surface area contributed by atoms with Gasteiger partial charge in [-0.15, -0.1) is 0 Å². The van der Waals surface area contributed by atoms with Crippen LogP contribution in [0.3, 0.4) is 0 Å². The van der Waals surface area contributed by atoms with Crippen LogP contribution >= 0.6 is 0 Å². The molecule has 2 rings (SSSR count). The van der Waals surface area contributed by atoms with Gasteiger partial charge in [0.05, 0.1) is 10.6 Å². The van der Waals surface area contributed by atoms with Crippen LogP contribution in [0.2, 0.25) is 0 Å². The van der Waals surface area contributed by atoms with Gasteiger partial charge in [0.2, 0.25) is 5.52 Å². The predicted molar refractivity (Wildman–Crippen MR) is 68.3 cm³/mol. The summed E-state index contributed by atoms with van der Waals surface area (Å²) in [6, 6.07) is 1.77. The first-order chi connectivity index (χ1) is 9.41. The number of hydrogen-bond acceptors (Lipinski definition) is 7. The molecule has 1 aromatic heterocycles. The zero-order valence-corrected chi connectivity index (χ0v) is 10.7. The van der Waals surface area contributed by atoms with Crippen LogP contribution in [0.15, 0.2) is 16.8 Å². The van der Waals surface area contributed by atoms with Crippen molar-refractivity contribution in [1.82, 2.24) is 10.3 Å². The number of anilines is 1. The van der Waals surface area contributed by atoms with Crippen LogP contribution < -0.4 is 5.32 Å². The molecule has 0 bridgehead atoms. The highest BCUT2D eigenvalue weighted by molar-refractivity contribution is 5.94. The van der Waals surface area contributed by atoms with E-state index in [0.717, 1.165) is 0 Å². The molecule has 0 unspecified atom stereocenters. The van der Waals surface area contributed by atoms with Crippen molar-refractivity contribution >= 4 is 28.4 Å². The van der Waals surface area contributed by atoms with Crippen LogP contribution in [0.1, 0.15) is 13.8 Å². The molecule has 9 nitrogen and oxygen atoms in total. The van der Waals surface area contributed by atoms with Gasteiger partial charge in [0.25, 0.3) is 0 Å². The highest BCUT2D eigenvalue weighted by atomic mass is 16.6. The van der Waals surface area contributed by atoms with Crippen molar-refractivity contribution in [2.75, 3.05) is 5.32 Å². The lowest BCUT2D eigenvalue weighted by Gasteiger charge is -2.18. The average Bonchev–Trinajstić information content (AvgIpc) is 2.83. The lowest BCUT2D eigenvalue weighted by molar-refractivity contribution is -0.383. The van der Waals surface area contributed by atoms with Crippen LogP contribution in [0.4, 0.5) is 11.4 Å². The summed E-state index contributed by atoms with van der Waals surface area (Å²) in [5, 5.41) is 29.8. The summed E-state index contributed by atoms with van der Waals surface area (Å²) in [7, 11) is 0. The van der Waals surface area contributed by atoms with E-state index in [1.807, 2.05) is 0 Å². The molecule has 0 aliphatic carbocycles. The van der Waals surface area contributed by atoms with E-state index in [2.05, 4.69) is 20.3 Å². The Morgan fingerprint density at radius 1 is 1.40 bits per heavy atom. The zero-order chi connectivity index (χ0) is 14.9. The molecule has 1 aromatic carbocycles. The number of nitro benzene ring substituents is 1. The van der Waals surface area contributed by atoms with E-state index >= 15 is 0 Å². The van der Waals surface area contributed by atoms with E-state index in [1.54, 1.807) is 13.8 Å². The predicted octanol–water partition coefficient (Wildman–Crippen LogP) is 1.65. The van der Waals surface area contributed by atoms with Gasteiger partial charge >= 0.3 is 11.7 Å².